The molecule has 102 valence electrons. The molecule has 0 amide bonds. The van der Waals surface area contributed by atoms with Crippen LogP contribution in [0.1, 0.15) is 46.1 Å². The molecule has 0 bridgehead atoms. The largest absolute Gasteiger partial charge is 0.488 e. The topological polar surface area (TPSA) is 21.3 Å². The summed E-state index contributed by atoms with van der Waals surface area (Å²) in [5, 5.41) is 3.26. The van der Waals surface area contributed by atoms with Crippen LogP contribution >= 0.6 is 0 Å². The maximum atomic E-state index is 13.8. The fraction of sp³-hybridized carbons (Fsp3) is 0.600. The van der Waals surface area contributed by atoms with E-state index in [2.05, 4.69) is 26.1 Å². The van der Waals surface area contributed by atoms with Gasteiger partial charge in [0.1, 0.15) is 0 Å². The van der Waals surface area contributed by atoms with Crippen molar-refractivity contribution < 1.29 is 9.13 Å². The van der Waals surface area contributed by atoms with E-state index in [1.807, 2.05) is 13.0 Å². The number of rotatable bonds is 7. The summed E-state index contributed by atoms with van der Waals surface area (Å²) in [6, 6.07) is 5.57. The highest BCUT2D eigenvalue weighted by Gasteiger charge is 2.08. The minimum Gasteiger partial charge on any atom is -0.488 e. The van der Waals surface area contributed by atoms with Crippen molar-refractivity contribution in [1.29, 1.82) is 0 Å². The van der Waals surface area contributed by atoms with Gasteiger partial charge in [-0.15, -0.1) is 0 Å². The van der Waals surface area contributed by atoms with E-state index in [0.29, 0.717) is 18.3 Å². The van der Waals surface area contributed by atoms with E-state index in [1.54, 1.807) is 12.1 Å². The van der Waals surface area contributed by atoms with Gasteiger partial charge in [-0.2, -0.15) is 0 Å². The molecule has 1 aromatic rings. The van der Waals surface area contributed by atoms with Crippen molar-refractivity contribution in [2.75, 3.05) is 0 Å². The molecule has 0 aliphatic carbocycles. The first kappa shape index (κ1) is 15.0. The van der Waals surface area contributed by atoms with Crippen molar-refractivity contribution in [1.82, 2.24) is 5.32 Å². The number of hydrogen-bond donors (Lipinski definition) is 1. The molecule has 0 aromatic heterocycles. The molecule has 0 spiro atoms. The average molecular weight is 253 g/mol. The van der Waals surface area contributed by atoms with Crippen LogP contribution in [0.25, 0.3) is 0 Å². The fourth-order valence-corrected chi connectivity index (χ4v) is 1.75. The zero-order valence-electron chi connectivity index (χ0n) is 11.8. The summed E-state index contributed by atoms with van der Waals surface area (Å²) in [4.78, 5) is 0. The maximum absolute atomic E-state index is 13.8. The molecule has 0 radical (unpaired) electrons. The molecule has 0 aliphatic heterocycles. The second-order valence-electron chi connectivity index (χ2n) is 5.02. The van der Waals surface area contributed by atoms with Crippen molar-refractivity contribution >= 4 is 0 Å². The first-order valence-electron chi connectivity index (χ1n) is 6.71. The molecule has 1 rings (SSSR count). The Bertz CT molecular complexity index is 366. The molecule has 0 aliphatic rings. The fourth-order valence-electron chi connectivity index (χ4n) is 1.75. The summed E-state index contributed by atoms with van der Waals surface area (Å²) in [5.41, 5.74) is 0.941. The quantitative estimate of drug-likeness (QED) is 0.796. The van der Waals surface area contributed by atoms with Gasteiger partial charge in [-0.25, -0.2) is 4.39 Å². The number of ether oxygens (including phenoxy) is 1. The molecular formula is C15H24FNO. The lowest BCUT2D eigenvalue weighted by Gasteiger charge is -2.15. The van der Waals surface area contributed by atoms with Gasteiger partial charge in [0.15, 0.2) is 11.6 Å². The summed E-state index contributed by atoms with van der Waals surface area (Å²) in [6.07, 6.45) is 2.04. The minimum absolute atomic E-state index is 0.0594. The van der Waals surface area contributed by atoms with Gasteiger partial charge in [-0.1, -0.05) is 33.3 Å². The third-order valence-corrected chi connectivity index (χ3v) is 2.73. The van der Waals surface area contributed by atoms with Crippen LogP contribution in [0.3, 0.4) is 0 Å². The van der Waals surface area contributed by atoms with Gasteiger partial charge >= 0.3 is 0 Å². The molecular weight excluding hydrogens is 229 g/mol. The SMILES string of the molecule is CCCC(C)Oc1ccc(CNC(C)C)cc1F. The molecule has 3 heteroatoms. The Kier molecular flexibility index (Phi) is 6.13. The van der Waals surface area contributed by atoms with Gasteiger partial charge in [0.25, 0.3) is 0 Å². The summed E-state index contributed by atoms with van der Waals surface area (Å²) in [5.74, 6) is 0.0743. The molecule has 0 saturated heterocycles. The summed E-state index contributed by atoms with van der Waals surface area (Å²) >= 11 is 0. The van der Waals surface area contributed by atoms with Gasteiger partial charge in [-0.3, -0.25) is 0 Å². The smallest absolute Gasteiger partial charge is 0.165 e. The average Bonchev–Trinajstić information content (AvgIpc) is 2.30. The van der Waals surface area contributed by atoms with Crippen LogP contribution in [-0.4, -0.2) is 12.1 Å². The molecule has 1 aromatic carbocycles. The number of hydrogen-bond acceptors (Lipinski definition) is 2. The van der Waals surface area contributed by atoms with Gasteiger partial charge < -0.3 is 10.1 Å². The second-order valence-corrected chi connectivity index (χ2v) is 5.02. The van der Waals surface area contributed by atoms with Gasteiger partial charge in [0, 0.05) is 12.6 Å². The molecule has 1 N–H and O–H groups in total. The lowest BCUT2D eigenvalue weighted by molar-refractivity contribution is 0.200. The van der Waals surface area contributed by atoms with Crippen molar-refractivity contribution in [2.24, 2.45) is 0 Å². The lowest BCUT2D eigenvalue weighted by Crippen LogP contribution is -2.21. The van der Waals surface area contributed by atoms with E-state index in [9.17, 15) is 4.39 Å². The molecule has 1 unspecified atom stereocenters. The maximum Gasteiger partial charge on any atom is 0.165 e. The predicted molar refractivity (Wildman–Crippen MR) is 73.4 cm³/mol. The highest BCUT2D eigenvalue weighted by Crippen LogP contribution is 2.20. The second kappa shape index (κ2) is 7.37. The number of benzene rings is 1. The van der Waals surface area contributed by atoms with Gasteiger partial charge in [0.05, 0.1) is 6.10 Å². The Morgan fingerprint density at radius 1 is 1.28 bits per heavy atom. The number of halogens is 1. The molecule has 18 heavy (non-hydrogen) atoms. The Balaban J connectivity index is 2.61. The lowest BCUT2D eigenvalue weighted by atomic mass is 10.2. The first-order valence-corrected chi connectivity index (χ1v) is 6.71. The molecule has 0 fully saturated rings. The van der Waals surface area contributed by atoms with Crippen LogP contribution in [0.4, 0.5) is 4.39 Å². The molecule has 2 nitrogen and oxygen atoms in total. The Morgan fingerprint density at radius 3 is 2.56 bits per heavy atom. The van der Waals surface area contributed by atoms with Crippen molar-refractivity contribution in [3.63, 3.8) is 0 Å². The van der Waals surface area contributed by atoms with Gasteiger partial charge in [0.2, 0.25) is 0 Å². The Morgan fingerprint density at radius 2 is 2.00 bits per heavy atom. The summed E-state index contributed by atoms with van der Waals surface area (Å²) < 4.78 is 19.4. The zero-order chi connectivity index (χ0) is 13.5. The van der Waals surface area contributed by atoms with Crippen molar-refractivity contribution in [3.8, 4) is 5.75 Å². The summed E-state index contributed by atoms with van der Waals surface area (Å²) in [6.45, 7) is 8.88. The van der Waals surface area contributed by atoms with E-state index in [0.717, 1.165) is 18.4 Å². The van der Waals surface area contributed by atoms with Crippen molar-refractivity contribution in [3.05, 3.63) is 29.6 Å². The third-order valence-electron chi connectivity index (χ3n) is 2.73. The Hall–Kier alpha value is -1.09. The first-order chi connectivity index (χ1) is 8.52. The predicted octanol–water partition coefficient (Wildman–Crippen LogP) is 3.89. The zero-order valence-corrected chi connectivity index (χ0v) is 11.8. The van der Waals surface area contributed by atoms with E-state index >= 15 is 0 Å². The molecule has 0 saturated carbocycles. The normalized spacial score (nSPS) is 12.8. The van der Waals surface area contributed by atoms with Crippen LogP contribution in [0.2, 0.25) is 0 Å². The highest BCUT2D eigenvalue weighted by atomic mass is 19.1. The standard InChI is InChI=1S/C15H24FNO/c1-5-6-12(4)18-15-8-7-13(9-14(15)16)10-17-11(2)3/h7-9,11-12,17H,5-6,10H2,1-4H3. The van der Waals surface area contributed by atoms with E-state index in [-0.39, 0.29) is 11.9 Å². The Labute approximate surface area is 110 Å². The van der Waals surface area contributed by atoms with Crippen LogP contribution < -0.4 is 10.1 Å². The monoisotopic (exact) mass is 253 g/mol. The minimum atomic E-state index is -0.277. The van der Waals surface area contributed by atoms with Crippen LogP contribution in [-0.2, 0) is 6.54 Å². The summed E-state index contributed by atoms with van der Waals surface area (Å²) in [7, 11) is 0. The molecule has 1 atom stereocenters. The van der Waals surface area contributed by atoms with Crippen LogP contribution in [0.5, 0.6) is 5.75 Å². The van der Waals surface area contributed by atoms with E-state index in [1.165, 1.54) is 0 Å². The third kappa shape index (κ3) is 5.05. The van der Waals surface area contributed by atoms with E-state index < -0.39 is 0 Å². The van der Waals surface area contributed by atoms with E-state index in [4.69, 9.17) is 4.74 Å². The van der Waals surface area contributed by atoms with Gasteiger partial charge in [-0.05, 0) is 31.0 Å². The molecule has 0 heterocycles. The van der Waals surface area contributed by atoms with Crippen LogP contribution in [0, 0.1) is 5.82 Å². The van der Waals surface area contributed by atoms with Crippen LogP contribution in [0.15, 0.2) is 18.2 Å². The number of nitrogens with one attached hydrogen (secondary N) is 1. The highest BCUT2D eigenvalue weighted by molar-refractivity contribution is 5.29. The van der Waals surface area contributed by atoms with Crippen molar-refractivity contribution in [2.45, 2.75) is 59.2 Å².